The molecule has 2 N–H and O–H groups in total. The predicted octanol–water partition coefficient (Wildman–Crippen LogP) is 2.09. The first-order chi connectivity index (χ1) is 7.29. The first-order valence-electron chi connectivity index (χ1n) is 6.68. The number of nitrogens with zero attached hydrogens (tertiary/aromatic N) is 1. The minimum absolute atomic E-state index is 0.849. The topological polar surface area (TPSA) is 29.3 Å². The van der Waals surface area contributed by atoms with Gasteiger partial charge in [-0.25, -0.2) is 0 Å². The molecule has 0 radical (unpaired) electrons. The van der Waals surface area contributed by atoms with Crippen molar-refractivity contribution in [3.63, 3.8) is 0 Å². The summed E-state index contributed by atoms with van der Waals surface area (Å²) in [6.07, 6.45) is 8.56. The summed E-state index contributed by atoms with van der Waals surface area (Å²) in [6, 6.07) is 0. The smallest absolute Gasteiger partial charge is 0.000936 e. The Kier molecular flexibility index (Phi) is 4.04. The largest absolute Gasteiger partial charge is 0.330 e. The lowest BCUT2D eigenvalue weighted by atomic mass is 9.88. The molecule has 2 aliphatic rings. The van der Waals surface area contributed by atoms with Crippen molar-refractivity contribution in [3.05, 3.63) is 0 Å². The van der Waals surface area contributed by atoms with Crippen LogP contribution in [0.1, 0.15) is 38.5 Å². The van der Waals surface area contributed by atoms with E-state index >= 15 is 0 Å². The first kappa shape index (κ1) is 11.4. The molecule has 2 heteroatoms. The molecule has 2 rings (SSSR count). The summed E-state index contributed by atoms with van der Waals surface area (Å²) in [7, 11) is 2.28. The Morgan fingerprint density at radius 3 is 2.67 bits per heavy atom. The zero-order chi connectivity index (χ0) is 10.7. The van der Waals surface area contributed by atoms with Gasteiger partial charge in [-0.2, -0.15) is 0 Å². The van der Waals surface area contributed by atoms with Gasteiger partial charge in [0.2, 0.25) is 0 Å². The highest BCUT2D eigenvalue weighted by molar-refractivity contribution is 4.90. The van der Waals surface area contributed by atoms with Crippen LogP contribution in [-0.2, 0) is 0 Å². The Bertz CT molecular complexity index is 193. The van der Waals surface area contributed by atoms with E-state index in [0.29, 0.717) is 0 Å². The van der Waals surface area contributed by atoms with Crippen LogP contribution in [0, 0.1) is 17.8 Å². The van der Waals surface area contributed by atoms with Crippen LogP contribution in [0.2, 0.25) is 0 Å². The molecule has 2 aliphatic carbocycles. The zero-order valence-corrected chi connectivity index (χ0v) is 10.1. The Balaban J connectivity index is 1.64. The van der Waals surface area contributed by atoms with Gasteiger partial charge in [0.25, 0.3) is 0 Å². The molecule has 3 unspecified atom stereocenters. The van der Waals surface area contributed by atoms with Crippen LogP contribution in [0.3, 0.4) is 0 Å². The molecule has 2 fully saturated rings. The van der Waals surface area contributed by atoms with E-state index in [1.165, 1.54) is 45.2 Å². The van der Waals surface area contributed by atoms with Crippen LogP contribution in [0.15, 0.2) is 0 Å². The Morgan fingerprint density at radius 2 is 2.07 bits per heavy atom. The van der Waals surface area contributed by atoms with E-state index in [9.17, 15) is 0 Å². The highest BCUT2D eigenvalue weighted by Gasteiger charge is 2.39. The first-order valence-corrected chi connectivity index (χ1v) is 6.68. The standard InChI is InChI=1S/C13H26N2/c1-15(7-3-2-6-14)10-13-9-11-4-5-12(13)8-11/h11-13H,2-10,14H2,1H3. The van der Waals surface area contributed by atoms with Crippen LogP contribution in [0.5, 0.6) is 0 Å². The second kappa shape index (κ2) is 5.31. The third kappa shape index (κ3) is 2.94. The van der Waals surface area contributed by atoms with Crippen LogP contribution in [0.4, 0.5) is 0 Å². The molecule has 0 aromatic carbocycles. The number of fused-ring (bicyclic) bond motifs is 2. The van der Waals surface area contributed by atoms with Crippen LogP contribution < -0.4 is 5.73 Å². The monoisotopic (exact) mass is 210 g/mol. The molecule has 15 heavy (non-hydrogen) atoms. The molecule has 0 spiro atoms. The van der Waals surface area contributed by atoms with Crippen molar-refractivity contribution in [2.24, 2.45) is 23.5 Å². The van der Waals surface area contributed by atoms with Crippen LogP contribution in [-0.4, -0.2) is 31.6 Å². The van der Waals surface area contributed by atoms with Crippen LogP contribution in [0.25, 0.3) is 0 Å². The molecule has 0 amide bonds. The van der Waals surface area contributed by atoms with Gasteiger partial charge < -0.3 is 10.6 Å². The molecule has 3 atom stereocenters. The molecule has 0 aromatic heterocycles. The summed E-state index contributed by atoms with van der Waals surface area (Å²) in [6.45, 7) is 3.43. The predicted molar refractivity (Wildman–Crippen MR) is 64.7 cm³/mol. The number of nitrogens with two attached hydrogens (primary N) is 1. The average molecular weight is 210 g/mol. The number of rotatable bonds is 6. The second-order valence-corrected chi connectivity index (χ2v) is 5.69. The fourth-order valence-corrected chi connectivity index (χ4v) is 3.62. The fraction of sp³-hybridized carbons (Fsp3) is 1.00. The minimum atomic E-state index is 0.849. The zero-order valence-electron chi connectivity index (χ0n) is 10.1. The lowest BCUT2D eigenvalue weighted by molar-refractivity contribution is 0.217. The molecule has 2 nitrogen and oxygen atoms in total. The van der Waals surface area contributed by atoms with Gasteiger partial charge in [0, 0.05) is 6.54 Å². The lowest BCUT2D eigenvalue weighted by Gasteiger charge is -2.27. The maximum atomic E-state index is 5.51. The van der Waals surface area contributed by atoms with Gasteiger partial charge in [-0.3, -0.25) is 0 Å². The number of hydrogen-bond donors (Lipinski definition) is 1. The third-order valence-corrected chi connectivity index (χ3v) is 4.42. The van der Waals surface area contributed by atoms with Gasteiger partial charge in [0.05, 0.1) is 0 Å². The summed E-state index contributed by atoms with van der Waals surface area (Å²) < 4.78 is 0. The van der Waals surface area contributed by atoms with Gasteiger partial charge >= 0.3 is 0 Å². The van der Waals surface area contributed by atoms with E-state index in [4.69, 9.17) is 5.73 Å². The van der Waals surface area contributed by atoms with Gasteiger partial charge in [0.15, 0.2) is 0 Å². The average Bonchev–Trinajstić information content (AvgIpc) is 2.79. The number of hydrogen-bond acceptors (Lipinski definition) is 2. The highest BCUT2D eigenvalue weighted by atomic mass is 15.1. The fourth-order valence-electron chi connectivity index (χ4n) is 3.62. The molecule has 88 valence electrons. The molecule has 0 aliphatic heterocycles. The molecule has 0 heterocycles. The van der Waals surface area contributed by atoms with E-state index in [-0.39, 0.29) is 0 Å². The maximum absolute atomic E-state index is 5.51. The van der Waals surface area contributed by atoms with Gasteiger partial charge in [0.1, 0.15) is 0 Å². The van der Waals surface area contributed by atoms with Crippen LogP contribution >= 0.6 is 0 Å². The van der Waals surface area contributed by atoms with Crippen molar-refractivity contribution < 1.29 is 0 Å². The molecule has 2 bridgehead atoms. The van der Waals surface area contributed by atoms with Crippen molar-refractivity contribution >= 4 is 0 Å². The van der Waals surface area contributed by atoms with E-state index in [1.807, 2.05) is 0 Å². The highest BCUT2D eigenvalue weighted by Crippen LogP contribution is 2.48. The SMILES string of the molecule is CN(CCCCN)CC1CC2CCC1C2. The molecular formula is C13H26N2. The van der Waals surface area contributed by atoms with Crippen molar-refractivity contribution in [1.82, 2.24) is 4.90 Å². The molecule has 0 saturated heterocycles. The second-order valence-electron chi connectivity index (χ2n) is 5.69. The Morgan fingerprint density at radius 1 is 1.20 bits per heavy atom. The van der Waals surface area contributed by atoms with Crippen molar-refractivity contribution in [2.45, 2.75) is 38.5 Å². The summed E-state index contributed by atoms with van der Waals surface area (Å²) in [5.41, 5.74) is 5.51. The minimum Gasteiger partial charge on any atom is -0.330 e. The van der Waals surface area contributed by atoms with Gasteiger partial charge in [-0.05, 0) is 70.0 Å². The summed E-state index contributed by atoms with van der Waals surface area (Å²) in [4.78, 5) is 2.53. The molecular weight excluding hydrogens is 184 g/mol. The van der Waals surface area contributed by atoms with E-state index < -0.39 is 0 Å². The number of unbranched alkanes of at least 4 members (excludes halogenated alkanes) is 1. The normalized spacial score (nSPS) is 34.2. The van der Waals surface area contributed by atoms with Gasteiger partial charge in [-0.15, -0.1) is 0 Å². The summed E-state index contributed by atoms with van der Waals surface area (Å²) in [5, 5.41) is 0. The van der Waals surface area contributed by atoms with Crippen molar-refractivity contribution in [1.29, 1.82) is 0 Å². The van der Waals surface area contributed by atoms with E-state index in [2.05, 4.69) is 11.9 Å². The van der Waals surface area contributed by atoms with Crippen molar-refractivity contribution in [2.75, 3.05) is 26.7 Å². The lowest BCUT2D eigenvalue weighted by Crippen LogP contribution is -2.29. The van der Waals surface area contributed by atoms with Gasteiger partial charge in [-0.1, -0.05) is 6.42 Å². The quantitative estimate of drug-likeness (QED) is 0.680. The van der Waals surface area contributed by atoms with E-state index in [1.54, 1.807) is 6.42 Å². The molecule has 2 saturated carbocycles. The summed E-state index contributed by atoms with van der Waals surface area (Å²) in [5.74, 6) is 3.19. The summed E-state index contributed by atoms with van der Waals surface area (Å²) >= 11 is 0. The van der Waals surface area contributed by atoms with Crippen molar-refractivity contribution in [3.8, 4) is 0 Å². The maximum Gasteiger partial charge on any atom is 0.000936 e. The Hall–Kier alpha value is -0.0800. The van der Waals surface area contributed by atoms with E-state index in [0.717, 1.165) is 24.3 Å². The Labute approximate surface area is 94.2 Å². The third-order valence-electron chi connectivity index (χ3n) is 4.42. The molecule has 0 aromatic rings.